The SMILES string of the molecule is CN1[C@@H]2CC[C@H]1CC(=O)C2.Cl. The first kappa shape index (κ1) is 9.01. The van der Waals surface area contributed by atoms with Gasteiger partial charge in [-0.1, -0.05) is 0 Å². The van der Waals surface area contributed by atoms with E-state index in [4.69, 9.17) is 0 Å². The third-order valence-electron chi connectivity index (χ3n) is 2.91. The number of hydrogen-bond donors (Lipinski definition) is 0. The number of halogens is 1. The fraction of sp³-hybridized carbons (Fsp3) is 0.875. The summed E-state index contributed by atoms with van der Waals surface area (Å²) < 4.78 is 0. The number of piperidine rings is 1. The van der Waals surface area contributed by atoms with Gasteiger partial charge in [0, 0.05) is 24.9 Å². The molecule has 0 unspecified atom stereocenters. The summed E-state index contributed by atoms with van der Waals surface area (Å²) in [5, 5.41) is 0. The van der Waals surface area contributed by atoms with E-state index in [1.165, 1.54) is 12.8 Å². The molecule has 0 saturated carbocycles. The molecule has 3 heteroatoms. The van der Waals surface area contributed by atoms with Crippen molar-refractivity contribution in [3.63, 3.8) is 0 Å². The quantitative estimate of drug-likeness (QED) is 0.552. The largest absolute Gasteiger partial charge is 0.300 e. The molecule has 0 spiro atoms. The maximum absolute atomic E-state index is 11.0. The van der Waals surface area contributed by atoms with Crippen LogP contribution in [0.5, 0.6) is 0 Å². The van der Waals surface area contributed by atoms with Crippen LogP contribution in [0.1, 0.15) is 25.7 Å². The Balaban J connectivity index is 0.000000605. The summed E-state index contributed by atoms with van der Waals surface area (Å²) in [4.78, 5) is 13.4. The molecule has 2 aliphatic rings. The zero-order chi connectivity index (χ0) is 7.14. The molecule has 2 nitrogen and oxygen atoms in total. The molecule has 0 N–H and O–H groups in total. The van der Waals surface area contributed by atoms with Crippen LogP contribution in [0.4, 0.5) is 0 Å². The van der Waals surface area contributed by atoms with Gasteiger partial charge in [0.15, 0.2) is 0 Å². The summed E-state index contributed by atoms with van der Waals surface area (Å²) in [6.45, 7) is 0. The number of carbonyl (C=O) groups excluding carboxylic acids is 1. The highest BCUT2D eigenvalue weighted by atomic mass is 35.5. The Morgan fingerprint density at radius 2 is 1.73 bits per heavy atom. The molecule has 0 radical (unpaired) electrons. The highest BCUT2D eigenvalue weighted by molar-refractivity contribution is 5.85. The molecular formula is C8H14ClNO. The van der Waals surface area contributed by atoms with Crippen molar-refractivity contribution < 1.29 is 4.79 Å². The number of Topliss-reactive ketones (excluding diaryl/α,β-unsaturated/α-hetero) is 1. The second kappa shape index (κ2) is 3.11. The molecule has 2 heterocycles. The Bertz CT molecular complexity index is 155. The van der Waals surface area contributed by atoms with Gasteiger partial charge in [-0.3, -0.25) is 9.69 Å². The first-order chi connectivity index (χ1) is 4.77. The predicted molar refractivity (Wildman–Crippen MR) is 46.1 cm³/mol. The highest BCUT2D eigenvalue weighted by Crippen LogP contribution is 2.31. The van der Waals surface area contributed by atoms with Gasteiger partial charge in [-0.05, 0) is 19.9 Å². The van der Waals surface area contributed by atoms with E-state index in [0.29, 0.717) is 17.9 Å². The van der Waals surface area contributed by atoms with Crippen molar-refractivity contribution in [1.29, 1.82) is 0 Å². The normalized spacial score (nSPS) is 37.0. The zero-order valence-corrected chi connectivity index (χ0v) is 7.56. The summed E-state index contributed by atoms with van der Waals surface area (Å²) in [6.07, 6.45) is 4.11. The minimum atomic E-state index is 0. The number of carbonyl (C=O) groups is 1. The average Bonchev–Trinajstić information content (AvgIpc) is 2.20. The van der Waals surface area contributed by atoms with Gasteiger partial charge < -0.3 is 0 Å². The van der Waals surface area contributed by atoms with Crippen molar-refractivity contribution in [2.75, 3.05) is 7.05 Å². The summed E-state index contributed by atoms with van der Waals surface area (Å²) in [6, 6.07) is 1.18. The Morgan fingerprint density at radius 3 is 2.18 bits per heavy atom. The molecule has 2 bridgehead atoms. The lowest BCUT2D eigenvalue weighted by molar-refractivity contribution is -0.123. The standard InChI is InChI=1S/C8H13NO.ClH/c1-9-6-2-3-7(9)5-8(10)4-6;/h6-7H,2-5H2,1H3;1H/t6-,7+;. The maximum Gasteiger partial charge on any atom is 0.136 e. The molecular weight excluding hydrogens is 162 g/mol. The lowest BCUT2D eigenvalue weighted by Gasteiger charge is -2.29. The van der Waals surface area contributed by atoms with Crippen LogP contribution in [0, 0.1) is 0 Å². The third kappa shape index (κ3) is 1.42. The molecule has 0 amide bonds. The smallest absolute Gasteiger partial charge is 0.136 e. The molecule has 0 aromatic carbocycles. The van der Waals surface area contributed by atoms with Crippen LogP contribution in [0.2, 0.25) is 0 Å². The monoisotopic (exact) mass is 175 g/mol. The van der Waals surface area contributed by atoms with Crippen LogP contribution in [0.3, 0.4) is 0 Å². The Morgan fingerprint density at radius 1 is 1.27 bits per heavy atom. The van der Waals surface area contributed by atoms with Gasteiger partial charge in [-0.15, -0.1) is 12.4 Å². The molecule has 2 saturated heterocycles. The van der Waals surface area contributed by atoms with Crippen molar-refractivity contribution in [2.24, 2.45) is 0 Å². The average molecular weight is 176 g/mol. The number of fused-ring (bicyclic) bond motifs is 2. The van der Waals surface area contributed by atoms with Crippen LogP contribution in [0.15, 0.2) is 0 Å². The van der Waals surface area contributed by atoms with Crippen LogP contribution in [-0.2, 0) is 4.79 Å². The molecule has 0 aromatic rings. The Labute approximate surface area is 73.4 Å². The molecule has 0 aromatic heterocycles. The van der Waals surface area contributed by atoms with E-state index in [1.807, 2.05) is 0 Å². The van der Waals surface area contributed by atoms with Gasteiger partial charge in [0.2, 0.25) is 0 Å². The molecule has 2 aliphatic heterocycles. The predicted octanol–water partition coefficient (Wildman–Crippen LogP) is 1.23. The van der Waals surface area contributed by atoms with Crippen LogP contribution >= 0.6 is 12.4 Å². The summed E-state index contributed by atoms with van der Waals surface area (Å²) >= 11 is 0. The fourth-order valence-corrected chi connectivity index (χ4v) is 2.19. The van der Waals surface area contributed by atoms with Gasteiger partial charge >= 0.3 is 0 Å². The van der Waals surface area contributed by atoms with E-state index in [1.54, 1.807) is 0 Å². The van der Waals surface area contributed by atoms with E-state index in [-0.39, 0.29) is 12.4 Å². The Hall–Kier alpha value is -0.0800. The van der Waals surface area contributed by atoms with Gasteiger partial charge in [-0.25, -0.2) is 0 Å². The van der Waals surface area contributed by atoms with Crippen LogP contribution in [0.25, 0.3) is 0 Å². The maximum atomic E-state index is 11.0. The number of nitrogens with zero attached hydrogens (tertiary/aromatic N) is 1. The summed E-state index contributed by atoms with van der Waals surface area (Å²) in [7, 11) is 2.15. The van der Waals surface area contributed by atoms with Gasteiger partial charge in [0.1, 0.15) is 5.78 Å². The van der Waals surface area contributed by atoms with Crippen molar-refractivity contribution in [3.05, 3.63) is 0 Å². The summed E-state index contributed by atoms with van der Waals surface area (Å²) in [5.41, 5.74) is 0. The minimum absolute atomic E-state index is 0. The minimum Gasteiger partial charge on any atom is -0.300 e. The van der Waals surface area contributed by atoms with E-state index in [0.717, 1.165) is 12.8 Å². The van der Waals surface area contributed by atoms with E-state index in [9.17, 15) is 4.79 Å². The van der Waals surface area contributed by atoms with E-state index >= 15 is 0 Å². The topological polar surface area (TPSA) is 20.3 Å². The molecule has 2 fully saturated rings. The lowest BCUT2D eigenvalue weighted by Crippen LogP contribution is -2.39. The second-order valence-corrected chi connectivity index (χ2v) is 3.50. The van der Waals surface area contributed by atoms with Crippen molar-refractivity contribution in [3.8, 4) is 0 Å². The third-order valence-corrected chi connectivity index (χ3v) is 2.91. The Kier molecular flexibility index (Phi) is 2.55. The highest BCUT2D eigenvalue weighted by Gasteiger charge is 2.37. The molecule has 11 heavy (non-hydrogen) atoms. The second-order valence-electron chi connectivity index (χ2n) is 3.50. The van der Waals surface area contributed by atoms with Gasteiger partial charge in [-0.2, -0.15) is 0 Å². The van der Waals surface area contributed by atoms with Crippen molar-refractivity contribution >= 4 is 18.2 Å². The number of hydrogen-bond acceptors (Lipinski definition) is 2. The van der Waals surface area contributed by atoms with E-state index < -0.39 is 0 Å². The molecule has 2 rings (SSSR count). The number of ketones is 1. The first-order valence-corrected chi connectivity index (χ1v) is 4.01. The zero-order valence-electron chi connectivity index (χ0n) is 6.75. The van der Waals surface area contributed by atoms with Gasteiger partial charge in [0.25, 0.3) is 0 Å². The molecule has 0 aliphatic carbocycles. The fourth-order valence-electron chi connectivity index (χ4n) is 2.19. The van der Waals surface area contributed by atoms with Gasteiger partial charge in [0.05, 0.1) is 0 Å². The summed E-state index contributed by atoms with van der Waals surface area (Å²) in [5.74, 6) is 0.477. The first-order valence-electron chi connectivity index (χ1n) is 4.01. The lowest BCUT2D eigenvalue weighted by atomic mass is 10.0. The van der Waals surface area contributed by atoms with Crippen LogP contribution in [-0.4, -0.2) is 29.8 Å². The molecule has 64 valence electrons. The van der Waals surface area contributed by atoms with Crippen molar-refractivity contribution in [1.82, 2.24) is 4.90 Å². The van der Waals surface area contributed by atoms with Crippen LogP contribution < -0.4 is 0 Å². The van der Waals surface area contributed by atoms with Crippen molar-refractivity contribution in [2.45, 2.75) is 37.8 Å². The molecule has 2 atom stereocenters. The number of rotatable bonds is 0. The van der Waals surface area contributed by atoms with E-state index in [2.05, 4.69) is 11.9 Å².